The van der Waals surface area contributed by atoms with Gasteiger partial charge >= 0.3 is 0 Å². The zero-order chi connectivity index (χ0) is 19.3. The number of nitrogens with one attached hydrogen (secondary N) is 2. The van der Waals surface area contributed by atoms with Crippen LogP contribution in [0.15, 0.2) is 47.4 Å². The van der Waals surface area contributed by atoms with Gasteiger partial charge in [0.25, 0.3) is 0 Å². The molecule has 9 heteroatoms. The van der Waals surface area contributed by atoms with Gasteiger partial charge in [-0.3, -0.25) is 4.79 Å². The van der Waals surface area contributed by atoms with Crippen molar-refractivity contribution in [2.24, 2.45) is 0 Å². The first kappa shape index (κ1) is 19.9. The molecule has 1 amide bonds. The highest BCUT2D eigenvalue weighted by atomic mass is 32.2. The van der Waals surface area contributed by atoms with E-state index in [4.69, 9.17) is 0 Å². The minimum Gasteiger partial charge on any atom is -0.350 e. The van der Waals surface area contributed by atoms with E-state index >= 15 is 0 Å². The third-order valence-electron chi connectivity index (χ3n) is 3.59. The van der Waals surface area contributed by atoms with E-state index in [1.807, 2.05) is 0 Å². The number of sulfonamides is 1. The van der Waals surface area contributed by atoms with Crippen molar-refractivity contribution >= 4 is 15.9 Å². The minimum absolute atomic E-state index is 0.116. The molecule has 0 aromatic heterocycles. The van der Waals surface area contributed by atoms with Gasteiger partial charge in [-0.15, -0.1) is 0 Å². The zero-order valence-corrected chi connectivity index (χ0v) is 14.6. The monoisotopic (exact) mass is 386 g/mol. The average Bonchev–Trinajstić information content (AvgIpc) is 2.57. The minimum atomic E-state index is -3.85. The zero-order valence-electron chi connectivity index (χ0n) is 13.8. The average molecular weight is 386 g/mol. The van der Waals surface area contributed by atoms with Crippen LogP contribution in [0.3, 0.4) is 0 Å². The summed E-state index contributed by atoms with van der Waals surface area (Å²) in [5.41, 5.74) is 0.379. The first-order valence-electron chi connectivity index (χ1n) is 7.68. The Labute approximate surface area is 149 Å². The van der Waals surface area contributed by atoms with E-state index < -0.39 is 39.4 Å². The van der Waals surface area contributed by atoms with Gasteiger partial charge in [0.15, 0.2) is 11.6 Å². The van der Waals surface area contributed by atoms with Gasteiger partial charge in [-0.25, -0.2) is 26.3 Å². The number of hydrogen-bond acceptors (Lipinski definition) is 3. The summed E-state index contributed by atoms with van der Waals surface area (Å²) in [7, 11) is -3.85. The maximum Gasteiger partial charge on any atom is 0.240 e. The van der Waals surface area contributed by atoms with Crippen molar-refractivity contribution < 1.29 is 26.4 Å². The van der Waals surface area contributed by atoms with Crippen LogP contribution >= 0.6 is 0 Å². The second kappa shape index (κ2) is 8.33. The summed E-state index contributed by atoms with van der Waals surface area (Å²) >= 11 is 0. The van der Waals surface area contributed by atoms with Crippen molar-refractivity contribution in [1.82, 2.24) is 10.0 Å². The van der Waals surface area contributed by atoms with E-state index in [1.165, 1.54) is 6.07 Å². The summed E-state index contributed by atoms with van der Waals surface area (Å²) in [4.78, 5) is 11.8. The van der Waals surface area contributed by atoms with Crippen molar-refractivity contribution in [1.29, 1.82) is 0 Å². The summed E-state index contributed by atoms with van der Waals surface area (Å²) < 4.78 is 65.2. The topological polar surface area (TPSA) is 75.3 Å². The standard InChI is InChI=1S/C17H17F3N2O3S/c1-11(12-2-7-15(19)16(20)10-12)22-17(23)8-9-21-26(24,25)14-5-3-13(18)4-6-14/h2-7,10-11,21H,8-9H2,1H3,(H,22,23). The molecule has 0 aliphatic rings. The van der Waals surface area contributed by atoms with E-state index in [0.717, 1.165) is 36.4 Å². The molecule has 2 aromatic carbocycles. The molecule has 2 aromatic rings. The number of hydrogen-bond donors (Lipinski definition) is 2. The molecule has 2 rings (SSSR count). The summed E-state index contributed by atoms with van der Waals surface area (Å²) in [5, 5.41) is 2.56. The molecule has 26 heavy (non-hydrogen) atoms. The fourth-order valence-corrected chi connectivity index (χ4v) is 3.21. The third-order valence-corrected chi connectivity index (χ3v) is 5.07. The maximum absolute atomic E-state index is 13.2. The molecule has 140 valence electrons. The molecule has 0 spiro atoms. The Kier molecular flexibility index (Phi) is 6.38. The van der Waals surface area contributed by atoms with Crippen molar-refractivity contribution in [2.45, 2.75) is 24.3 Å². The number of carbonyl (C=O) groups excluding carboxylic acids is 1. The number of halogens is 3. The number of benzene rings is 2. The van der Waals surface area contributed by atoms with Crippen LogP contribution in [0.25, 0.3) is 0 Å². The van der Waals surface area contributed by atoms with E-state index in [2.05, 4.69) is 10.0 Å². The Morgan fingerprint density at radius 2 is 1.69 bits per heavy atom. The van der Waals surface area contributed by atoms with Crippen LogP contribution in [0, 0.1) is 17.5 Å². The first-order valence-corrected chi connectivity index (χ1v) is 9.17. The SMILES string of the molecule is CC(NC(=O)CCNS(=O)(=O)c1ccc(F)cc1)c1ccc(F)c(F)c1. The molecule has 0 fully saturated rings. The van der Waals surface area contributed by atoms with E-state index in [9.17, 15) is 26.4 Å². The van der Waals surface area contributed by atoms with E-state index in [1.54, 1.807) is 6.92 Å². The predicted octanol–water partition coefficient (Wildman–Crippen LogP) is 2.65. The molecular formula is C17H17F3N2O3S. The summed E-state index contributed by atoms with van der Waals surface area (Å²) in [6.07, 6.45) is -0.158. The Bertz CT molecular complexity index is 887. The Morgan fingerprint density at radius 1 is 1.04 bits per heavy atom. The number of amides is 1. The summed E-state index contributed by atoms with van der Waals surface area (Å²) in [6.45, 7) is 1.42. The molecule has 0 aliphatic carbocycles. The van der Waals surface area contributed by atoms with Crippen LogP contribution in [0.1, 0.15) is 24.9 Å². The smallest absolute Gasteiger partial charge is 0.240 e. The van der Waals surface area contributed by atoms with Gasteiger partial charge in [0, 0.05) is 13.0 Å². The fraction of sp³-hybridized carbons (Fsp3) is 0.235. The van der Waals surface area contributed by atoms with Gasteiger partial charge in [-0.1, -0.05) is 6.07 Å². The van der Waals surface area contributed by atoms with Gasteiger partial charge in [0.05, 0.1) is 10.9 Å². The van der Waals surface area contributed by atoms with Gasteiger partial charge in [0.1, 0.15) is 5.82 Å². The molecule has 0 saturated heterocycles. The molecule has 1 atom stereocenters. The Hall–Kier alpha value is -2.39. The van der Waals surface area contributed by atoms with E-state index in [0.29, 0.717) is 5.56 Å². The van der Waals surface area contributed by atoms with Crippen molar-refractivity contribution in [3.05, 3.63) is 65.5 Å². The van der Waals surface area contributed by atoms with Crippen LogP contribution < -0.4 is 10.0 Å². The number of rotatable bonds is 7. The van der Waals surface area contributed by atoms with Crippen molar-refractivity contribution in [2.75, 3.05) is 6.54 Å². The highest BCUT2D eigenvalue weighted by Crippen LogP contribution is 2.16. The van der Waals surface area contributed by atoms with Gasteiger partial charge in [-0.2, -0.15) is 0 Å². The largest absolute Gasteiger partial charge is 0.350 e. The maximum atomic E-state index is 13.2. The molecule has 0 radical (unpaired) electrons. The molecule has 0 heterocycles. The second-order valence-corrected chi connectivity index (χ2v) is 7.33. The third kappa shape index (κ3) is 5.30. The van der Waals surface area contributed by atoms with E-state index in [-0.39, 0.29) is 17.9 Å². The predicted molar refractivity (Wildman–Crippen MR) is 89.1 cm³/mol. The normalized spacial score (nSPS) is 12.6. The molecule has 2 N–H and O–H groups in total. The lowest BCUT2D eigenvalue weighted by atomic mass is 10.1. The lowest BCUT2D eigenvalue weighted by molar-refractivity contribution is -0.121. The van der Waals surface area contributed by atoms with Crippen LogP contribution in [-0.4, -0.2) is 20.9 Å². The highest BCUT2D eigenvalue weighted by Gasteiger charge is 2.16. The summed E-state index contributed by atoms with van der Waals surface area (Å²) in [6, 6.07) is 6.98. The second-order valence-electron chi connectivity index (χ2n) is 5.56. The highest BCUT2D eigenvalue weighted by molar-refractivity contribution is 7.89. The van der Waals surface area contributed by atoms with Crippen molar-refractivity contribution in [3.8, 4) is 0 Å². The molecule has 5 nitrogen and oxygen atoms in total. The Morgan fingerprint density at radius 3 is 2.31 bits per heavy atom. The van der Waals surface area contributed by atoms with Crippen LogP contribution in [0.5, 0.6) is 0 Å². The molecular weight excluding hydrogens is 369 g/mol. The molecule has 0 saturated carbocycles. The van der Waals surface area contributed by atoms with Gasteiger partial charge in [0.2, 0.25) is 15.9 Å². The van der Waals surface area contributed by atoms with Crippen molar-refractivity contribution in [3.63, 3.8) is 0 Å². The molecule has 0 aliphatic heterocycles. The molecule has 1 unspecified atom stereocenters. The van der Waals surface area contributed by atoms with Crippen LogP contribution in [0.2, 0.25) is 0 Å². The van der Waals surface area contributed by atoms with Gasteiger partial charge in [-0.05, 0) is 48.9 Å². The quantitative estimate of drug-likeness (QED) is 0.768. The fourth-order valence-electron chi connectivity index (χ4n) is 2.17. The Balaban J connectivity index is 1.86. The van der Waals surface area contributed by atoms with Crippen LogP contribution in [-0.2, 0) is 14.8 Å². The van der Waals surface area contributed by atoms with Gasteiger partial charge < -0.3 is 5.32 Å². The first-order chi connectivity index (χ1) is 12.2. The number of carbonyl (C=O) groups is 1. The lowest BCUT2D eigenvalue weighted by Gasteiger charge is -2.15. The summed E-state index contributed by atoms with van der Waals surface area (Å²) in [5.74, 6) is -3.03. The van der Waals surface area contributed by atoms with Crippen LogP contribution in [0.4, 0.5) is 13.2 Å². The molecule has 0 bridgehead atoms. The lowest BCUT2D eigenvalue weighted by Crippen LogP contribution is -2.32.